The molecule has 1 aliphatic heterocycles. The predicted molar refractivity (Wildman–Crippen MR) is 71.5 cm³/mol. The van der Waals surface area contributed by atoms with Crippen molar-refractivity contribution in [1.29, 1.82) is 0 Å². The van der Waals surface area contributed by atoms with Crippen molar-refractivity contribution in [1.82, 2.24) is 4.57 Å². The van der Waals surface area contributed by atoms with Crippen molar-refractivity contribution < 1.29 is 32.5 Å². The van der Waals surface area contributed by atoms with Crippen LogP contribution in [0, 0.1) is 0 Å². The van der Waals surface area contributed by atoms with Crippen LogP contribution in [-0.2, 0) is 17.9 Å². The summed E-state index contributed by atoms with van der Waals surface area (Å²) in [6, 6.07) is 2.74. The van der Waals surface area contributed by atoms with Crippen LogP contribution in [0.5, 0.6) is 5.75 Å². The minimum atomic E-state index is -4.57. The maximum absolute atomic E-state index is 12.7. The second kappa shape index (κ2) is 5.27. The van der Waals surface area contributed by atoms with E-state index < -0.39 is 29.7 Å². The van der Waals surface area contributed by atoms with Gasteiger partial charge < -0.3 is 19.1 Å². The third-order valence-electron chi connectivity index (χ3n) is 3.44. The van der Waals surface area contributed by atoms with Gasteiger partial charge in [-0.1, -0.05) is 0 Å². The van der Waals surface area contributed by atoms with Gasteiger partial charge in [-0.25, -0.2) is 4.79 Å². The molecular formula is C14H10F3NO5. The number of nitrogens with zero attached hydrogens (tertiary/aromatic N) is 1. The number of aromatic nitrogens is 1. The van der Waals surface area contributed by atoms with E-state index in [-0.39, 0.29) is 29.9 Å². The lowest BCUT2D eigenvalue weighted by Crippen LogP contribution is -2.25. The molecule has 0 atom stereocenters. The number of carboxylic acid groups (broad SMARTS) is 1. The van der Waals surface area contributed by atoms with Crippen LogP contribution < -0.4 is 10.2 Å². The first kappa shape index (κ1) is 15.3. The molecule has 0 aliphatic carbocycles. The summed E-state index contributed by atoms with van der Waals surface area (Å²) in [5.41, 5.74) is -1.37. The summed E-state index contributed by atoms with van der Waals surface area (Å²) < 4.78 is 49.2. The van der Waals surface area contributed by atoms with Gasteiger partial charge in [-0.2, -0.15) is 13.2 Å². The molecule has 1 N–H and O–H groups in total. The third-order valence-corrected chi connectivity index (χ3v) is 3.44. The standard InChI is InChI=1S/C14H10F3NO5/c15-14(16,17)5-18-3-7(13(20)21)12(19)11-8-4-22-6-23-10(8)2-1-9(11)18/h1-3H,4-6H2,(H,20,21). The van der Waals surface area contributed by atoms with Gasteiger partial charge in [0.05, 0.1) is 17.5 Å². The highest BCUT2D eigenvalue weighted by atomic mass is 19.4. The summed E-state index contributed by atoms with van der Waals surface area (Å²) >= 11 is 0. The van der Waals surface area contributed by atoms with Gasteiger partial charge in [0.2, 0.25) is 5.43 Å². The van der Waals surface area contributed by atoms with Crippen LogP contribution >= 0.6 is 0 Å². The molecule has 0 bridgehead atoms. The Kier molecular flexibility index (Phi) is 3.52. The number of fused-ring (bicyclic) bond motifs is 3. The van der Waals surface area contributed by atoms with Gasteiger partial charge in [-0.05, 0) is 12.1 Å². The van der Waals surface area contributed by atoms with E-state index in [1.807, 2.05) is 0 Å². The number of benzene rings is 1. The zero-order valence-electron chi connectivity index (χ0n) is 11.5. The smallest absolute Gasteiger partial charge is 0.406 e. The monoisotopic (exact) mass is 329 g/mol. The third kappa shape index (κ3) is 2.74. The molecule has 9 heteroatoms. The van der Waals surface area contributed by atoms with E-state index >= 15 is 0 Å². The maximum Gasteiger partial charge on any atom is 0.406 e. The number of carbonyl (C=O) groups is 1. The van der Waals surface area contributed by atoms with Crippen LogP contribution in [0.4, 0.5) is 13.2 Å². The fourth-order valence-electron chi connectivity index (χ4n) is 2.53. The van der Waals surface area contributed by atoms with E-state index in [1.54, 1.807) is 0 Å². The van der Waals surface area contributed by atoms with Gasteiger partial charge >= 0.3 is 12.1 Å². The largest absolute Gasteiger partial charge is 0.477 e. The molecule has 0 radical (unpaired) electrons. The summed E-state index contributed by atoms with van der Waals surface area (Å²) in [5.74, 6) is -1.30. The van der Waals surface area contributed by atoms with Crippen molar-refractivity contribution in [3.05, 3.63) is 39.7 Å². The molecule has 23 heavy (non-hydrogen) atoms. The van der Waals surface area contributed by atoms with E-state index in [4.69, 9.17) is 14.6 Å². The van der Waals surface area contributed by atoms with Crippen LogP contribution in [-0.4, -0.2) is 28.6 Å². The highest BCUT2D eigenvalue weighted by Gasteiger charge is 2.30. The number of halogens is 3. The zero-order valence-corrected chi connectivity index (χ0v) is 11.5. The Morgan fingerprint density at radius 1 is 1.35 bits per heavy atom. The van der Waals surface area contributed by atoms with E-state index in [1.165, 1.54) is 12.1 Å². The van der Waals surface area contributed by atoms with Crippen LogP contribution in [0.2, 0.25) is 0 Å². The molecule has 0 spiro atoms. The highest BCUT2D eigenvalue weighted by Crippen LogP contribution is 2.31. The SMILES string of the molecule is O=C(O)c1cn(CC(F)(F)F)c2ccc3c(c2c1=O)COCO3. The minimum Gasteiger partial charge on any atom is -0.477 e. The van der Waals surface area contributed by atoms with Crippen LogP contribution in [0.25, 0.3) is 10.9 Å². The van der Waals surface area contributed by atoms with Crippen molar-refractivity contribution in [3.8, 4) is 5.75 Å². The topological polar surface area (TPSA) is 77.8 Å². The van der Waals surface area contributed by atoms with Crippen molar-refractivity contribution in [2.45, 2.75) is 19.3 Å². The van der Waals surface area contributed by atoms with Gasteiger partial charge in [0.15, 0.2) is 6.79 Å². The Morgan fingerprint density at radius 2 is 2.09 bits per heavy atom. The number of carboxylic acids is 1. The molecule has 3 rings (SSSR count). The zero-order chi connectivity index (χ0) is 16.8. The predicted octanol–water partition coefficient (Wildman–Crippen LogP) is 2.13. The highest BCUT2D eigenvalue weighted by molar-refractivity contribution is 5.94. The number of pyridine rings is 1. The Hall–Kier alpha value is -2.55. The average Bonchev–Trinajstić information content (AvgIpc) is 2.47. The lowest BCUT2D eigenvalue weighted by Gasteiger charge is -2.21. The number of aromatic carboxylic acids is 1. The molecule has 122 valence electrons. The summed E-state index contributed by atoms with van der Waals surface area (Å²) in [6.45, 7) is -1.50. The summed E-state index contributed by atoms with van der Waals surface area (Å²) in [6.07, 6.45) is -3.86. The molecule has 6 nitrogen and oxygen atoms in total. The summed E-state index contributed by atoms with van der Waals surface area (Å²) in [5, 5.41) is 8.96. The molecule has 0 fully saturated rings. The second-order valence-corrected chi connectivity index (χ2v) is 4.97. The first-order chi connectivity index (χ1) is 10.8. The number of alkyl halides is 3. The van der Waals surface area contributed by atoms with E-state index in [0.717, 1.165) is 0 Å². The Bertz CT molecular complexity index is 856. The molecule has 1 aliphatic rings. The first-order valence-electron chi connectivity index (χ1n) is 6.47. The maximum atomic E-state index is 12.7. The van der Waals surface area contributed by atoms with Gasteiger partial charge in [0.1, 0.15) is 17.9 Å². The van der Waals surface area contributed by atoms with Crippen LogP contribution in [0.3, 0.4) is 0 Å². The van der Waals surface area contributed by atoms with Crippen LogP contribution in [0.15, 0.2) is 23.1 Å². The number of hydrogen-bond acceptors (Lipinski definition) is 4. The quantitative estimate of drug-likeness (QED) is 0.913. The van der Waals surface area contributed by atoms with Gasteiger partial charge in [-0.3, -0.25) is 4.79 Å². The summed E-state index contributed by atoms with van der Waals surface area (Å²) in [4.78, 5) is 23.6. The van der Waals surface area contributed by atoms with Crippen molar-refractivity contribution in [2.24, 2.45) is 0 Å². The van der Waals surface area contributed by atoms with Crippen molar-refractivity contribution in [3.63, 3.8) is 0 Å². The Balaban J connectivity index is 2.38. The number of hydrogen-bond donors (Lipinski definition) is 1. The van der Waals surface area contributed by atoms with Gasteiger partial charge in [-0.15, -0.1) is 0 Å². The molecule has 1 aromatic heterocycles. The second-order valence-electron chi connectivity index (χ2n) is 4.97. The van der Waals surface area contributed by atoms with E-state index in [0.29, 0.717) is 16.5 Å². The minimum absolute atomic E-state index is 0.0230. The van der Waals surface area contributed by atoms with E-state index in [9.17, 15) is 22.8 Å². The normalized spacial score (nSPS) is 14.4. The number of rotatable bonds is 2. The molecule has 2 aromatic rings. The van der Waals surface area contributed by atoms with Crippen molar-refractivity contribution >= 4 is 16.9 Å². The fourth-order valence-corrected chi connectivity index (χ4v) is 2.53. The Morgan fingerprint density at radius 3 is 2.74 bits per heavy atom. The lowest BCUT2D eigenvalue weighted by atomic mass is 10.0. The summed E-state index contributed by atoms with van der Waals surface area (Å²) in [7, 11) is 0. The number of ether oxygens (including phenoxy) is 2. The molecular weight excluding hydrogens is 319 g/mol. The molecule has 0 saturated carbocycles. The molecule has 0 unspecified atom stereocenters. The van der Waals surface area contributed by atoms with Gasteiger partial charge in [0.25, 0.3) is 0 Å². The Labute approximate surface area is 126 Å². The van der Waals surface area contributed by atoms with Crippen molar-refractivity contribution in [2.75, 3.05) is 6.79 Å². The average molecular weight is 329 g/mol. The lowest BCUT2D eigenvalue weighted by molar-refractivity contribution is -0.140. The van der Waals surface area contributed by atoms with E-state index in [2.05, 4.69) is 0 Å². The fraction of sp³-hybridized carbons (Fsp3) is 0.286. The van der Waals surface area contributed by atoms with Crippen LogP contribution in [0.1, 0.15) is 15.9 Å². The first-order valence-corrected chi connectivity index (χ1v) is 6.47. The molecule has 0 amide bonds. The molecule has 2 heterocycles. The molecule has 0 saturated heterocycles. The molecule has 1 aromatic carbocycles. The van der Waals surface area contributed by atoms with Gasteiger partial charge in [0, 0.05) is 11.8 Å².